The van der Waals surface area contributed by atoms with E-state index in [-0.39, 0.29) is 25.7 Å². The van der Waals surface area contributed by atoms with Gasteiger partial charge in [0.15, 0.2) is 0 Å². The molecular formula is C30H47N5O7. The van der Waals surface area contributed by atoms with Gasteiger partial charge >= 0.3 is 18.3 Å². The van der Waals surface area contributed by atoms with E-state index in [4.69, 9.17) is 19.9 Å². The summed E-state index contributed by atoms with van der Waals surface area (Å²) < 4.78 is 15.8. The van der Waals surface area contributed by atoms with Gasteiger partial charge in [-0.3, -0.25) is 15.0 Å². The second-order valence-electron chi connectivity index (χ2n) is 11.6. The highest BCUT2D eigenvalue weighted by Crippen LogP contribution is 2.34. The Kier molecular flexibility index (Phi) is 12.5. The van der Waals surface area contributed by atoms with Gasteiger partial charge in [-0.2, -0.15) is 0 Å². The zero-order chi connectivity index (χ0) is 31.5. The highest BCUT2D eigenvalue weighted by molar-refractivity contribution is 5.80. The lowest BCUT2D eigenvalue weighted by molar-refractivity contribution is -0.126. The normalized spacial score (nSPS) is 15.8. The lowest BCUT2D eigenvalue weighted by Crippen LogP contribution is -2.52. The molecule has 0 aromatic heterocycles. The minimum Gasteiger partial charge on any atom is -0.450 e. The van der Waals surface area contributed by atoms with Crippen molar-refractivity contribution in [2.24, 2.45) is 11.7 Å². The Morgan fingerprint density at radius 2 is 1.69 bits per heavy atom. The molecule has 1 aliphatic rings. The van der Waals surface area contributed by atoms with Crippen LogP contribution in [0.25, 0.3) is 0 Å². The first-order chi connectivity index (χ1) is 19.7. The van der Waals surface area contributed by atoms with Crippen molar-refractivity contribution in [1.29, 1.82) is 0 Å². The first kappa shape index (κ1) is 34.2. The zero-order valence-corrected chi connectivity index (χ0v) is 25.9. The average molecular weight is 590 g/mol. The van der Waals surface area contributed by atoms with Gasteiger partial charge in [-0.15, -0.1) is 0 Å². The van der Waals surface area contributed by atoms with Crippen molar-refractivity contribution in [3.63, 3.8) is 0 Å². The first-order valence-corrected chi connectivity index (χ1v) is 14.4. The Bertz CT molecular complexity index is 1110. The van der Waals surface area contributed by atoms with Crippen LogP contribution in [0.2, 0.25) is 0 Å². The van der Waals surface area contributed by atoms with Crippen LogP contribution in [0.15, 0.2) is 41.6 Å². The summed E-state index contributed by atoms with van der Waals surface area (Å²) in [4.78, 5) is 52.2. The van der Waals surface area contributed by atoms with Crippen molar-refractivity contribution in [3.05, 3.63) is 47.2 Å². The fourth-order valence-electron chi connectivity index (χ4n) is 4.44. The molecule has 1 aliphatic heterocycles. The minimum absolute atomic E-state index is 0.0386. The second-order valence-corrected chi connectivity index (χ2v) is 11.6. The number of rotatable bonds is 12. The van der Waals surface area contributed by atoms with Crippen LogP contribution in [-0.4, -0.2) is 66.1 Å². The molecule has 0 bridgehead atoms. The van der Waals surface area contributed by atoms with E-state index in [0.29, 0.717) is 37.1 Å². The van der Waals surface area contributed by atoms with Gasteiger partial charge in [-0.05, 0) is 66.4 Å². The maximum Gasteiger partial charge on any atom is 0.411 e. The molecule has 2 rings (SSSR count). The fourth-order valence-corrected chi connectivity index (χ4v) is 4.44. The van der Waals surface area contributed by atoms with E-state index in [1.165, 1.54) is 4.90 Å². The summed E-state index contributed by atoms with van der Waals surface area (Å²) in [7, 11) is 0. The Labute approximate surface area is 248 Å². The largest absolute Gasteiger partial charge is 0.450 e. The standard InChI is InChI=1S/C30H47N5O7/c1-8-21(16-13-17-32-26(37)41-19-20-14-11-10-12-15-20)25(36)33-24(34-27(38)40-9-2)22-18-35(30(6,7)23(22)31)28(39)42-29(3,4)5/h10-12,14-15,21,24H,8-9,13,16-19,31H2,1-7H3,(H,32,37)(H,33,36)(H,34,38)/t21-,24?/m0/s1. The van der Waals surface area contributed by atoms with Crippen molar-refractivity contribution in [3.8, 4) is 0 Å². The molecule has 0 spiro atoms. The smallest absolute Gasteiger partial charge is 0.411 e. The summed E-state index contributed by atoms with van der Waals surface area (Å²) in [6.07, 6.45) is -1.29. The van der Waals surface area contributed by atoms with Crippen molar-refractivity contribution in [2.45, 2.75) is 91.6 Å². The van der Waals surface area contributed by atoms with E-state index in [1.54, 1.807) is 41.5 Å². The molecule has 0 radical (unpaired) electrons. The van der Waals surface area contributed by atoms with Gasteiger partial charge < -0.3 is 30.6 Å². The molecule has 1 aromatic carbocycles. The van der Waals surface area contributed by atoms with Crippen molar-refractivity contribution < 1.29 is 33.4 Å². The molecule has 0 saturated heterocycles. The van der Waals surface area contributed by atoms with Gasteiger partial charge in [-0.1, -0.05) is 37.3 Å². The quantitative estimate of drug-likeness (QED) is 0.161. The van der Waals surface area contributed by atoms with Crippen LogP contribution in [0.4, 0.5) is 14.4 Å². The molecule has 0 saturated carbocycles. The van der Waals surface area contributed by atoms with Crippen molar-refractivity contribution in [1.82, 2.24) is 20.9 Å². The number of carbonyl (C=O) groups is 4. The van der Waals surface area contributed by atoms with Gasteiger partial charge in [0.1, 0.15) is 18.4 Å². The monoisotopic (exact) mass is 589 g/mol. The van der Waals surface area contributed by atoms with E-state index < -0.39 is 41.5 Å². The molecule has 5 N–H and O–H groups in total. The third-order valence-electron chi connectivity index (χ3n) is 6.87. The van der Waals surface area contributed by atoms with Crippen LogP contribution in [0.1, 0.15) is 73.3 Å². The predicted molar refractivity (Wildman–Crippen MR) is 158 cm³/mol. The van der Waals surface area contributed by atoms with E-state index in [2.05, 4.69) is 16.0 Å². The van der Waals surface area contributed by atoms with Crippen LogP contribution < -0.4 is 21.7 Å². The molecule has 1 aromatic rings. The molecule has 0 aliphatic carbocycles. The van der Waals surface area contributed by atoms with Crippen molar-refractivity contribution in [2.75, 3.05) is 19.7 Å². The highest BCUT2D eigenvalue weighted by Gasteiger charge is 2.45. The molecule has 12 nitrogen and oxygen atoms in total. The van der Waals surface area contributed by atoms with Crippen LogP contribution in [-0.2, 0) is 25.6 Å². The molecular weight excluding hydrogens is 542 g/mol. The van der Waals surface area contributed by atoms with Gasteiger partial charge in [-0.25, -0.2) is 14.4 Å². The van der Waals surface area contributed by atoms with Gasteiger partial charge in [0, 0.05) is 23.7 Å². The fraction of sp³-hybridized carbons (Fsp3) is 0.600. The number of hydrogen-bond donors (Lipinski definition) is 4. The Hall–Kier alpha value is -3.96. The summed E-state index contributed by atoms with van der Waals surface area (Å²) in [6.45, 7) is 13.1. The minimum atomic E-state index is -1.01. The van der Waals surface area contributed by atoms with Crippen LogP contribution in [0.5, 0.6) is 0 Å². The molecule has 1 heterocycles. The Balaban J connectivity index is 2.03. The zero-order valence-electron chi connectivity index (χ0n) is 25.9. The average Bonchev–Trinajstić information content (AvgIpc) is 3.15. The van der Waals surface area contributed by atoms with E-state index in [9.17, 15) is 19.2 Å². The molecule has 12 heteroatoms. The number of nitrogens with one attached hydrogen (secondary N) is 3. The number of amides is 4. The molecule has 42 heavy (non-hydrogen) atoms. The summed E-state index contributed by atoms with van der Waals surface area (Å²) >= 11 is 0. The SMILES string of the molecule is CCOC(=O)NC(NC(=O)[C@@H](CC)CCCNC(=O)OCc1ccccc1)C1=C(N)C(C)(C)N(C(=O)OC(C)(C)C)C1. The number of alkyl carbamates (subject to hydrolysis) is 2. The Morgan fingerprint density at radius 3 is 2.29 bits per heavy atom. The summed E-state index contributed by atoms with van der Waals surface area (Å²) in [5.74, 6) is -0.711. The molecule has 2 atom stereocenters. The number of benzene rings is 1. The van der Waals surface area contributed by atoms with Crippen molar-refractivity contribution >= 4 is 24.2 Å². The summed E-state index contributed by atoms with van der Waals surface area (Å²) in [5, 5.41) is 8.26. The third-order valence-corrected chi connectivity index (χ3v) is 6.87. The molecule has 234 valence electrons. The van der Waals surface area contributed by atoms with Gasteiger partial charge in [0.05, 0.1) is 18.7 Å². The first-order valence-electron chi connectivity index (χ1n) is 14.4. The number of ether oxygens (including phenoxy) is 3. The Morgan fingerprint density at radius 1 is 1.02 bits per heavy atom. The van der Waals surface area contributed by atoms with Crippen LogP contribution in [0.3, 0.4) is 0 Å². The van der Waals surface area contributed by atoms with Crippen LogP contribution in [0, 0.1) is 5.92 Å². The highest BCUT2D eigenvalue weighted by atomic mass is 16.6. The van der Waals surface area contributed by atoms with Gasteiger partial charge in [0.25, 0.3) is 0 Å². The molecule has 0 fully saturated rings. The second kappa shape index (κ2) is 15.3. The number of carbonyl (C=O) groups excluding carboxylic acids is 4. The van der Waals surface area contributed by atoms with E-state index in [0.717, 1.165) is 5.56 Å². The van der Waals surface area contributed by atoms with E-state index >= 15 is 0 Å². The van der Waals surface area contributed by atoms with Crippen LogP contribution >= 0.6 is 0 Å². The lowest BCUT2D eigenvalue weighted by atomic mass is 9.97. The maximum atomic E-state index is 13.4. The van der Waals surface area contributed by atoms with Gasteiger partial charge in [0.2, 0.25) is 5.91 Å². The number of nitrogens with zero attached hydrogens (tertiary/aromatic N) is 1. The molecule has 1 unspecified atom stereocenters. The summed E-state index contributed by atoms with van der Waals surface area (Å²) in [6, 6.07) is 9.36. The summed E-state index contributed by atoms with van der Waals surface area (Å²) in [5.41, 5.74) is 6.54. The third kappa shape index (κ3) is 10.1. The predicted octanol–water partition coefficient (Wildman–Crippen LogP) is 4.15. The topological polar surface area (TPSA) is 161 Å². The number of hydrogen-bond acceptors (Lipinski definition) is 8. The number of nitrogens with two attached hydrogens (primary N) is 1. The molecule has 4 amide bonds. The lowest BCUT2D eigenvalue weighted by Gasteiger charge is -2.34. The van der Waals surface area contributed by atoms with E-state index in [1.807, 2.05) is 37.3 Å². The maximum absolute atomic E-state index is 13.4.